The Labute approximate surface area is 154 Å². The van der Waals surface area contributed by atoms with Crippen molar-refractivity contribution >= 4 is 23.7 Å². The van der Waals surface area contributed by atoms with E-state index < -0.39 is 42.4 Å². The molecule has 9 nitrogen and oxygen atoms in total. The van der Waals surface area contributed by atoms with Crippen LogP contribution in [0.3, 0.4) is 0 Å². The minimum Gasteiger partial charge on any atom is -0.456 e. The van der Waals surface area contributed by atoms with E-state index in [1.165, 1.54) is 6.07 Å². The first-order valence-electron chi connectivity index (χ1n) is 8.71. The lowest BCUT2D eigenvalue weighted by atomic mass is 9.98. The van der Waals surface area contributed by atoms with Crippen LogP contribution >= 0.6 is 0 Å². The number of amides is 3. The van der Waals surface area contributed by atoms with E-state index in [-0.39, 0.29) is 6.79 Å². The van der Waals surface area contributed by atoms with Gasteiger partial charge in [0.25, 0.3) is 5.91 Å². The second-order valence-corrected chi connectivity index (χ2v) is 6.76. The molecule has 0 atom stereocenters. The lowest BCUT2D eigenvalue weighted by Gasteiger charge is -2.19. The van der Waals surface area contributed by atoms with E-state index in [9.17, 15) is 19.2 Å². The number of fused-ring (bicyclic) bond motifs is 1. The first-order chi connectivity index (χ1) is 13.0. The van der Waals surface area contributed by atoms with E-state index in [1.54, 1.807) is 12.1 Å². The third-order valence-electron chi connectivity index (χ3n) is 5.05. The molecule has 1 spiro atoms. The zero-order chi connectivity index (χ0) is 19.0. The summed E-state index contributed by atoms with van der Waals surface area (Å²) >= 11 is 0. The molecule has 1 aromatic carbocycles. The van der Waals surface area contributed by atoms with Crippen LogP contribution in [0.2, 0.25) is 0 Å². The molecular formula is C18H18N2O7. The standard InChI is InChI=1S/C18H18N2O7/c21-12(11-3-4-13-14(7-11)27-10-26-13)9-25-15(22)8-20-16(23)18(19-17(20)24)5-1-2-6-18/h3-4,7H,1-2,5-6,8-10H2,(H,19,24). The number of Topliss-reactive ketones (excluding diaryl/α,β-unsaturated/α-hetero) is 1. The summed E-state index contributed by atoms with van der Waals surface area (Å²) < 4.78 is 15.3. The number of nitrogens with one attached hydrogen (secondary N) is 1. The van der Waals surface area contributed by atoms with Crippen molar-refractivity contribution in [3.05, 3.63) is 23.8 Å². The summed E-state index contributed by atoms with van der Waals surface area (Å²) in [5.74, 6) is -0.644. The average Bonchev–Trinajstić information content (AvgIpc) is 3.36. The highest BCUT2D eigenvalue weighted by atomic mass is 16.7. The van der Waals surface area contributed by atoms with Crippen molar-refractivity contribution in [1.82, 2.24) is 10.2 Å². The molecule has 0 aromatic heterocycles. The number of carbonyl (C=O) groups excluding carboxylic acids is 4. The number of ether oxygens (including phenoxy) is 3. The molecule has 3 aliphatic rings. The minimum absolute atomic E-state index is 0.0926. The Morgan fingerprint density at radius 1 is 1.15 bits per heavy atom. The molecule has 0 bridgehead atoms. The van der Waals surface area contributed by atoms with Gasteiger partial charge in [0.15, 0.2) is 23.9 Å². The van der Waals surface area contributed by atoms with Gasteiger partial charge in [0.2, 0.25) is 6.79 Å². The molecule has 1 aliphatic carbocycles. The zero-order valence-electron chi connectivity index (χ0n) is 14.5. The molecule has 3 amide bonds. The molecule has 1 aromatic rings. The quantitative estimate of drug-likeness (QED) is 0.465. The molecular weight excluding hydrogens is 356 g/mol. The number of rotatable bonds is 5. The molecule has 1 N–H and O–H groups in total. The predicted molar refractivity (Wildman–Crippen MR) is 89.3 cm³/mol. The van der Waals surface area contributed by atoms with Crippen LogP contribution in [-0.2, 0) is 14.3 Å². The molecule has 0 radical (unpaired) electrons. The highest BCUT2D eigenvalue weighted by Gasteiger charge is 2.52. The van der Waals surface area contributed by atoms with Gasteiger partial charge in [-0.25, -0.2) is 4.79 Å². The van der Waals surface area contributed by atoms with Crippen molar-refractivity contribution in [1.29, 1.82) is 0 Å². The summed E-state index contributed by atoms with van der Waals surface area (Å²) in [4.78, 5) is 49.6. The van der Waals surface area contributed by atoms with Crippen LogP contribution in [0.4, 0.5) is 4.79 Å². The third kappa shape index (κ3) is 3.09. The van der Waals surface area contributed by atoms with E-state index in [1.807, 2.05) is 0 Å². The van der Waals surface area contributed by atoms with Gasteiger partial charge in [-0.2, -0.15) is 0 Å². The number of nitrogens with zero attached hydrogens (tertiary/aromatic N) is 1. The molecule has 2 aliphatic heterocycles. The number of benzene rings is 1. The van der Waals surface area contributed by atoms with Crippen LogP contribution in [0, 0.1) is 0 Å². The number of urea groups is 1. The van der Waals surface area contributed by atoms with Crippen LogP contribution in [0.1, 0.15) is 36.0 Å². The third-order valence-corrected chi connectivity index (χ3v) is 5.05. The molecule has 1 saturated heterocycles. The zero-order valence-corrected chi connectivity index (χ0v) is 14.5. The first-order valence-corrected chi connectivity index (χ1v) is 8.71. The second-order valence-electron chi connectivity index (χ2n) is 6.76. The molecule has 1 saturated carbocycles. The Kier molecular flexibility index (Phi) is 4.21. The van der Waals surface area contributed by atoms with Gasteiger partial charge in [-0.1, -0.05) is 12.8 Å². The van der Waals surface area contributed by atoms with Gasteiger partial charge in [0, 0.05) is 5.56 Å². The van der Waals surface area contributed by atoms with Crippen LogP contribution in [0.5, 0.6) is 11.5 Å². The minimum atomic E-state index is -0.875. The molecule has 2 heterocycles. The Morgan fingerprint density at radius 2 is 1.89 bits per heavy atom. The van der Waals surface area contributed by atoms with E-state index in [4.69, 9.17) is 14.2 Å². The van der Waals surface area contributed by atoms with Gasteiger partial charge in [-0.15, -0.1) is 0 Å². The molecule has 9 heteroatoms. The SMILES string of the molecule is O=C(CN1C(=O)NC2(CCCC2)C1=O)OCC(=O)c1ccc2c(c1)OCO2. The number of hydrogen-bond acceptors (Lipinski definition) is 7. The van der Waals surface area contributed by atoms with Crippen LogP contribution in [0.15, 0.2) is 18.2 Å². The fourth-order valence-corrected chi connectivity index (χ4v) is 3.61. The normalized spacial score (nSPS) is 19.5. The molecule has 27 heavy (non-hydrogen) atoms. The summed E-state index contributed by atoms with van der Waals surface area (Å²) in [7, 11) is 0. The van der Waals surface area contributed by atoms with E-state index in [2.05, 4.69) is 5.32 Å². The van der Waals surface area contributed by atoms with Crippen molar-refractivity contribution in [2.45, 2.75) is 31.2 Å². The van der Waals surface area contributed by atoms with Gasteiger partial charge in [-0.3, -0.25) is 19.3 Å². The number of esters is 1. The number of ketones is 1. The van der Waals surface area contributed by atoms with Gasteiger partial charge >= 0.3 is 12.0 Å². The fraction of sp³-hybridized carbons (Fsp3) is 0.444. The Morgan fingerprint density at radius 3 is 2.67 bits per heavy atom. The smallest absolute Gasteiger partial charge is 0.326 e. The monoisotopic (exact) mass is 374 g/mol. The largest absolute Gasteiger partial charge is 0.456 e. The second kappa shape index (κ2) is 6.57. The average molecular weight is 374 g/mol. The molecule has 4 rings (SSSR count). The Hall–Kier alpha value is -3.10. The van der Waals surface area contributed by atoms with Crippen molar-refractivity contribution in [2.24, 2.45) is 0 Å². The topological polar surface area (TPSA) is 111 Å². The van der Waals surface area contributed by atoms with Gasteiger partial charge < -0.3 is 19.5 Å². The van der Waals surface area contributed by atoms with Gasteiger partial charge in [0.1, 0.15) is 12.1 Å². The van der Waals surface area contributed by atoms with E-state index >= 15 is 0 Å². The molecule has 2 fully saturated rings. The molecule has 142 valence electrons. The highest BCUT2D eigenvalue weighted by molar-refractivity contribution is 6.09. The van der Waals surface area contributed by atoms with Crippen molar-refractivity contribution in [3.63, 3.8) is 0 Å². The lowest BCUT2D eigenvalue weighted by Crippen LogP contribution is -2.44. The maximum Gasteiger partial charge on any atom is 0.326 e. The van der Waals surface area contributed by atoms with Crippen molar-refractivity contribution in [2.75, 3.05) is 19.9 Å². The summed E-state index contributed by atoms with van der Waals surface area (Å²) in [6.45, 7) is -0.913. The maximum absolute atomic E-state index is 12.5. The first kappa shape index (κ1) is 17.3. The van der Waals surface area contributed by atoms with Crippen LogP contribution < -0.4 is 14.8 Å². The van der Waals surface area contributed by atoms with E-state index in [0.717, 1.165) is 17.7 Å². The summed E-state index contributed by atoms with van der Waals surface area (Å²) in [5, 5.41) is 2.69. The number of hydrogen-bond donors (Lipinski definition) is 1. The fourth-order valence-electron chi connectivity index (χ4n) is 3.61. The summed E-state index contributed by atoms with van der Waals surface area (Å²) in [6.07, 6.45) is 2.86. The van der Waals surface area contributed by atoms with E-state index in [0.29, 0.717) is 29.9 Å². The lowest BCUT2D eigenvalue weighted by molar-refractivity contribution is -0.146. The maximum atomic E-state index is 12.5. The summed E-state index contributed by atoms with van der Waals surface area (Å²) in [5.41, 5.74) is -0.563. The summed E-state index contributed by atoms with van der Waals surface area (Å²) in [6, 6.07) is 4.07. The van der Waals surface area contributed by atoms with Crippen molar-refractivity contribution < 1.29 is 33.4 Å². The highest BCUT2D eigenvalue weighted by Crippen LogP contribution is 2.35. The Balaban J connectivity index is 1.32. The predicted octanol–water partition coefficient (Wildman–Crippen LogP) is 1.01. The van der Waals surface area contributed by atoms with Crippen LogP contribution in [-0.4, -0.2) is 54.1 Å². The Bertz CT molecular complexity index is 829. The van der Waals surface area contributed by atoms with Gasteiger partial charge in [-0.05, 0) is 31.0 Å². The number of carbonyl (C=O) groups is 4. The van der Waals surface area contributed by atoms with Crippen LogP contribution in [0.25, 0.3) is 0 Å². The van der Waals surface area contributed by atoms with Gasteiger partial charge in [0.05, 0.1) is 0 Å². The number of imide groups is 1. The van der Waals surface area contributed by atoms with Crippen molar-refractivity contribution in [3.8, 4) is 11.5 Å². The molecule has 0 unspecified atom stereocenters.